The van der Waals surface area contributed by atoms with Crippen molar-refractivity contribution < 1.29 is 22.7 Å². The van der Waals surface area contributed by atoms with Crippen LogP contribution >= 0.6 is 11.6 Å². The number of ether oxygens (including phenoxy) is 1. The molecule has 0 radical (unpaired) electrons. The Hall–Kier alpha value is -2.58. The SMILES string of the molecule is Cc1c(Cl)cccc1NC(=O)COC(=O)c1ccccc1N(C)S(C)(=O)=O. The molecule has 1 N–H and O–H groups in total. The molecule has 27 heavy (non-hydrogen) atoms. The number of halogens is 1. The van der Waals surface area contributed by atoms with Gasteiger partial charge in [-0.25, -0.2) is 13.2 Å². The molecule has 0 saturated carbocycles. The quantitative estimate of drug-likeness (QED) is 0.739. The number of esters is 1. The second kappa shape index (κ2) is 8.41. The molecule has 0 saturated heterocycles. The molecule has 0 atom stereocenters. The van der Waals surface area contributed by atoms with Crippen LogP contribution in [0.15, 0.2) is 42.5 Å². The zero-order valence-electron chi connectivity index (χ0n) is 15.0. The second-order valence-electron chi connectivity index (χ2n) is 5.78. The van der Waals surface area contributed by atoms with Crippen molar-refractivity contribution in [2.24, 2.45) is 0 Å². The van der Waals surface area contributed by atoms with Crippen LogP contribution in [0, 0.1) is 6.92 Å². The highest BCUT2D eigenvalue weighted by molar-refractivity contribution is 7.92. The maximum atomic E-state index is 12.3. The molecule has 2 aromatic rings. The van der Waals surface area contributed by atoms with Gasteiger partial charge >= 0.3 is 5.97 Å². The summed E-state index contributed by atoms with van der Waals surface area (Å²) in [7, 11) is -2.23. The van der Waals surface area contributed by atoms with Gasteiger partial charge in [-0.2, -0.15) is 0 Å². The molecular formula is C18H19ClN2O5S. The van der Waals surface area contributed by atoms with Gasteiger partial charge in [-0.3, -0.25) is 9.10 Å². The standard InChI is InChI=1S/C18H19ClN2O5S/c1-12-14(19)8-6-9-15(12)20-17(22)11-26-18(23)13-7-4-5-10-16(13)21(2)27(3,24)25/h4-10H,11H2,1-3H3,(H,20,22). The molecule has 0 fully saturated rings. The summed E-state index contributed by atoms with van der Waals surface area (Å²) >= 11 is 6.00. The van der Waals surface area contributed by atoms with Gasteiger partial charge in [0.25, 0.3) is 5.91 Å². The van der Waals surface area contributed by atoms with E-state index in [0.29, 0.717) is 16.3 Å². The Morgan fingerprint density at radius 3 is 2.48 bits per heavy atom. The third-order valence-corrected chi connectivity index (χ3v) is 5.44. The summed E-state index contributed by atoms with van der Waals surface area (Å²) in [6.45, 7) is 1.23. The van der Waals surface area contributed by atoms with E-state index in [9.17, 15) is 18.0 Å². The number of para-hydroxylation sites is 1. The Balaban J connectivity index is 2.08. The summed E-state index contributed by atoms with van der Waals surface area (Å²) in [4.78, 5) is 24.4. The van der Waals surface area contributed by atoms with Gasteiger partial charge in [-0.05, 0) is 36.8 Å². The molecule has 1 amide bonds. The number of hydrogen-bond acceptors (Lipinski definition) is 5. The van der Waals surface area contributed by atoms with E-state index < -0.39 is 28.5 Å². The van der Waals surface area contributed by atoms with Crippen molar-refractivity contribution in [2.75, 3.05) is 29.5 Å². The van der Waals surface area contributed by atoms with Crippen LogP contribution in [0.5, 0.6) is 0 Å². The number of rotatable bonds is 6. The smallest absolute Gasteiger partial charge is 0.340 e. The monoisotopic (exact) mass is 410 g/mol. The molecule has 0 aliphatic rings. The Morgan fingerprint density at radius 2 is 1.81 bits per heavy atom. The van der Waals surface area contributed by atoms with Crippen LogP contribution in [-0.2, 0) is 19.6 Å². The number of sulfonamides is 1. The fourth-order valence-corrected chi connectivity index (χ4v) is 2.93. The number of nitrogens with zero attached hydrogens (tertiary/aromatic N) is 1. The van der Waals surface area contributed by atoms with Gasteiger partial charge in [0, 0.05) is 17.8 Å². The lowest BCUT2D eigenvalue weighted by molar-refractivity contribution is -0.119. The minimum Gasteiger partial charge on any atom is -0.452 e. The number of amides is 1. The van der Waals surface area contributed by atoms with E-state index in [-0.39, 0.29) is 11.3 Å². The first-order valence-electron chi connectivity index (χ1n) is 7.86. The van der Waals surface area contributed by atoms with Crippen molar-refractivity contribution in [3.8, 4) is 0 Å². The highest BCUT2D eigenvalue weighted by atomic mass is 35.5. The van der Waals surface area contributed by atoms with E-state index in [1.807, 2.05) is 0 Å². The summed E-state index contributed by atoms with van der Waals surface area (Å²) in [5.41, 5.74) is 1.41. The largest absolute Gasteiger partial charge is 0.452 e. The first-order chi connectivity index (χ1) is 12.6. The van der Waals surface area contributed by atoms with Crippen molar-refractivity contribution in [2.45, 2.75) is 6.92 Å². The third-order valence-electron chi connectivity index (χ3n) is 3.84. The second-order valence-corrected chi connectivity index (χ2v) is 8.21. The predicted molar refractivity (Wildman–Crippen MR) is 105 cm³/mol. The molecule has 9 heteroatoms. The molecule has 2 aromatic carbocycles. The van der Waals surface area contributed by atoms with Gasteiger partial charge in [0.1, 0.15) is 0 Å². The summed E-state index contributed by atoms with van der Waals surface area (Å²) in [5.74, 6) is -1.35. The minimum absolute atomic E-state index is 0.0390. The molecular weight excluding hydrogens is 392 g/mol. The number of carbonyl (C=O) groups excluding carboxylic acids is 2. The maximum absolute atomic E-state index is 12.3. The van der Waals surface area contributed by atoms with Gasteiger partial charge in [0.15, 0.2) is 6.61 Å². The first kappa shape index (κ1) is 20.7. The fourth-order valence-electron chi connectivity index (χ4n) is 2.24. The molecule has 0 aliphatic heterocycles. The van der Waals surface area contributed by atoms with Gasteiger partial charge in [-0.1, -0.05) is 29.8 Å². The van der Waals surface area contributed by atoms with E-state index in [1.165, 1.54) is 19.2 Å². The van der Waals surface area contributed by atoms with Gasteiger partial charge < -0.3 is 10.1 Å². The topological polar surface area (TPSA) is 92.8 Å². The molecule has 0 bridgehead atoms. The van der Waals surface area contributed by atoms with Crippen molar-refractivity contribution in [3.63, 3.8) is 0 Å². The molecule has 0 aromatic heterocycles. The highest BCUT2D eigenvalue weighted by Gasteiger charge is 2.21. The zero-order valence-corrected chi connectivity index (χ0v) is 16.6. The summed E-state index contributed by atoms with van der Waals surface area (Å²) in [6, 6.07) is 11.1. The summed E-state index contributed by atoms with van der Waals surface area (Å²) in [6.07, 6.45) is 1.02. The number of hydrogen-bond donors (Lipinski definition) is 1. The van der Waals surface area contributed by atoms with E-state index in [2.05, 4.69) is 5.32 Å². The third kappa shape index (κ3) is 5.21. The van der Waals surface area contributed by atoms with Crippen LogP contribution in [0.1, 0.15) is 15.9 Å². The summed E-state index contributed by atoms with van der Waals surface area (Å²) < 4.78 is 29.5. The van der Waals surface area contributed by atoms with E-state index in [0.717, 1.165) is 10.6 Å². The van der Waals surface area contributed by atoms with Crippen LogP contribution < -0.4 is 9.62 Å². The van der Waals surface area contributed by atoms with Gasteiger partial charge in [-0.15, -0.1) is 0 Å². The highest BCUT2D eigenvalue weighted by Crippen LogP contribution is 2.24. The lowest BCUT2D eigenvalue weighted by atomic mass is 10.2. The maximum Gasteiger partial charge on any atom is 0.340 e. The first-order valence-corrected chi connectivity index (χ1v) is 10.1. The lowest BCUT2D eigenvalue weighted by Crippen LogP contribution is -2.27. The molecule has 0 aliphatic carbocycles. The Labute approximate surface area is 162 Å². The minimum atomic E-state index is -3.56. The van der Waals surface area contributed by atoms with Gasteiger partial charge in [0.2, 0.25) is 10.0 Å². The summed E-state index contributed by atoms with van der Waals surface area (Å²) in [5, 5.41) is 3.11. The van der Waals surface area contributed by atoms with Crippen molar-refractivity contribution in [3.05, 3.63) is 58.6 Å². The zero-order chi connectivity index (χ0) is 20.2. The van der Waals surface area contributed by atoms with Crippen LogP contribution in [0.2, 0.25) is 5.02 Å². The van der Waals surface area contributed by atoms with Crippen LogP contribution in [-0.4, -0.2) is 40.2 Å². The molecule has 0 heterocycles. The Morgan fingerprint density at radius 1 is 1.15 bits per heavy atom. The molecule has 0 spiro atoms. The van der Waals surface area contributed by atoms with Crippen LogP contribution in [0.3, 0.4) is 0 Å². The Kier molecular flexibility index (Phi) is 6.45. The van der Waals surface area contributed by atoms with E-state index in [4.69, 9.17) is 16.3 Å². The molecule has 7 nitrogen and oxygen atoms in total. The number of anilines is 2. The lowest BCUT2D eigenvalue weighted by Gasteiger charge is -2.19. The van der Waals surface area contributed by atoms with Crippen molar-refractivity contribution >= 4 is 44.9 Å². The number of carbonyl (C=O) groups is 2. The normalized spacial score (nSPS) is 11.0. The predicted octanol–water partition coefficient (Wildman–Crippen LogP) is 2.84. The number of nitrogens with one attached hydrogen (secondary N) is 1. The molecule has 2 rings (SSSR count). The average Bonchev–Trinajstić information content (AvgIpc) is 2.62. The number of benzene rings is 2. The molecule has 144 valence electrons. The Bertz CT molecular complexity index is 975. The van der Waals surface area contributed by atoms with E-state index >= 15 is 0 Å². The molecule has 0 unspecified atom stereocenters. The van der Waals surface area contributed by atoms with Gasteiger partial charge in [0.05, 0.1) is 17.5 Å². The van der Waals surface area contributed by atoms with Crippen LogP contribution in [0.4, 0.5) is 11.4 Å². The van der Waals surface area contributed by atoms with Crippen molar-refractivity contribution in [1.29, 1.82) is 0 Å². The average molecular weight is 411 g/mol. The van der Waals surface area contributed by atoms with Crippen LogP contribution in [0.25, 0.3) is 0 Å². The van der Waals surface area contributed by atoms with Crippen molar-refractivity contribution in [1.82, 2.24) is 0 Å². The van der Waals surface area contributed by atoms with E-state index in [1.54, 1.807) is 37.3 Å². The fraction of sp³-hybridized carbons (Fsp3) is 0.222.